The molecule has 4 rings (SSSR count). The zero-order chi connectivity index (χ0) is 18.1. The van der Waals surface area contributed by atoms with E-state index >= 15 is 0 Å². The van der Waals surface area contributed by atoms with Gasteiger partial charge in [0, 0.05) is 32.3 Å². The van der Waals surface area contributed by atoms with Crippen LogP contribution in [0.5, 0.6) is 5.75 Å². The van der Waals surface area contributed by atoms with Crippen molar-refractivity contribution in [2.45, 2.75) is 25.4 Å². The smallest absolute Gasteiger partial charge is 0.169 e. The lowest BCUT2D eigenvalue weighted by Gasteiger charge is -2.37. The summed E-state index contributed by atoms with van der Waals surface area (Å²) < 4.78 is 11.0. The van der Waals surface area contributed by atoms with Gasteiger partial charge in [0.2, 0.25) is 0 Å². The molecule has 2 unspecified atom stereocenters. The number of carbonyl (C=O) groups excluding carboxylic acids is 1. The van der Waals surface area contributed by atoms with E-state index in [1.807, 2.05) is 36.4 Å². The summed E-state index contributed by atoms with van der Waals surface area (Å²) in [5, 5.41) is 2.15. The second-order valence-electron chi connectivity index (χ2n) is 7.66. The minimum Gasteiger partial charge on any atom is -0.497 e. The highest BCUT2D eigenvalue weighted by Gasteiger charge is 2.36. The van der Waals surface area contributed by atoms with Crippen molar-refractivity contribution in [2.75, 3.05) is 33.9 Å². The van der Waals surface area contributed by atoms with Crippen LogP contribution in [0.4, 0.5) is 0 Å². The van der Waals surface area contributed by atoms with Gasteiger partial charge in [0.25, 0.3) is 0 Å². The van der Waals surface area contributed by atoms with E-state index in [4.69, 9.17) is 9.47 Å². The highest BCUT2D eigenvalue weighted by Crippen LogP contribution is 2.32. The number of hydrogen-bond acceptors (Lipinski definition) is 4. The van der Waals surface area contributed by atoms with Gasteiger partial charge in [-0.3, -0.25) is 4.79 Å². The van der Waals surface area contributed by atoms with E-state index < -0.39 is 0 Å². The fourth-order valence-corrected chi connectivity index (χ4v) is 4.08. The second-order valence-corrected chi connectivity index (χ2v) is 7.66. The monoisotopic (exact) mass is 353 g/mol. The summed E-state index contributed by atoms with van der Waals surface area (Å²) in [6, 6.07) is 11.9. The number of fused-ring (bicyclic) bond motifs is 1. The predicted octanol–water partition coefficient (Wildman–Crippen LogP) is 3.78. The third kappa shape index (κ3) is 3.62. The molecule has 0 bridgehead atoms. The molecule has 0 amide bonds. The van der Waals surface area contributed by atoms with Crippen LogP contribution in [-0.4, -0.2) is 50.6 Å². The molecule has 1 aliphatic carbocycles. The molecule has 1 aliphatic heterocycles. The van der Waals surface area contributed by atoms with Crippen molar-refractivity contribution >= 4 is 16.6 Å². The predicted molar refractivity (Wildman–Crippen MR) is 103 cm³/mol. The maximum absolute atomic E-state index is 13.3. The van der Waals surface area contributed by atoms with Gasteiger partial charge in [0.15, 0.2) is 5.78 Å². The van der Waals surface area contributed by atoms with Crippen LogP contribution in [0, 0.1) is 11.8 Å². The van der Waals surface area contributed by atoms with Crippen LogP contribution in [-0.2, 0) is 4.74 Å². The van der Waals surface area contributed by atoms with E-state index in [-0.39, 0.29) is 17.8 Å². The zero-order valence-electron chi connectivity index (χ0n) is 15.6. The molecule has 1 saturated heterocycles. The Balaban J connectivity index is 1.56. The summed E-state index contributed by atoms with van der Waals surface area (Å²) in [7, 11) is 3.40. The number of nitrogens with zero attached hydrogens (tertiary/aromatic N) is 1. The maximum Gasteiger partial charge on any atom is 0.169 e. The van der Waals surface area contributed by atoms with E-state index in [0.717, 1.165) is 54.1 Å². The lowest BCUT2D eigenvalue weighted by Crippen LogP contribution is -2.47. The molecule has 0 spiro atoms. The molecule has 26 heavy (non-hydrogen) atoms. The summed E-state index contributed by atoms with van der Waals surface area (Å²) in [4.78, 5) is 15.7. The fourth-order valence-electron chi connectivity index (χ4n) is 4.08. The molecule has 0 radical (unpaired) electrons. The molecule has 2 aromatic carbocycles. The maximum atomic E-state index is 13.3. The van der Waals surface area contributed by atoms with Crippen molar-refractivity contribution in [3.63, 3.8) is 0 Å². The Hall–Kier alpha value is -1.91. The van der Waals surface area contributed by atoms with Crippen molar-refractivity contribution in [1.82, 2.24) is 4.90 Å². The average molecular weight is 353 g/mol. The Kier molecular flexibility index (Phi) is 4.96. The Morgan fingerprint density at radius 1 is 1.08 bits per heavy atom. The molecule has 0 aromatic heterocycles. The first-order valence-electron chi connectivity index (χ1n) is 9.55. The van der Waals surface area contributed by atoms with E-state index in [0.29, 0.717) is 0 Å². The summed E-state index contributed by atoms with van der Waals surface area (Å²) in [6.07, 6.45) is 3.64. The molecule has 4 heteroatoms. The molecule has 2 aromatic rings. The number of carbonyl (C=O) groups is 1. The molecule has 0 N–H and O–H groups in total. The van der Waals surface area contributed by atoms with Crippen LogP contribution in [0.25, 0.3) is 10.8 Å². The SMILES string of the molecule is COc1ccc2cc(C(=O)C3CN(CC4CC4)CCC3OC)ccc2c1. The number of benzene rings is 2. The van der Waals surface area contributed by atoms with Crippen LogP contribution in [0.15, 0.2) is 36.4 Å². The van der Waals surface area contributed by atoms with Gasteiger partial charge in [-0.05, 0) is 54.2 Å². The molecular weight excluding hydrogens is 326 g/mol. The van der Waals surface area contributed by atoms with Crippen LogP contribution in [0.2, 0.25) is 0 Å². The number of piperidine rings is 1. The number of hydrogen-bond donors (Lipinski definition) is 0. The topological polar surface area (TPSA) is 38.8 Å². The molecular formula is C22H27NO3. The van der Waals surface area contributed by atoms with Gasteiger partial charge >= 0.3 is 0 Å². The summed E-state index contributed by atoms with van der Waals surface area (Å²) >= 11 is 0. The summed E-state index contributed by atoms with van der Waals surface area (Å²) in [6.45, 7) is 2.99. The van der Waals surface area contributed by atoms with E-state index in [2.05, 4.69) is 4.90 Å². The molecule has 138 valence electrons. The van der Waals surface area contributed by atoms with Gasteiger partial charge in [0.05, 0.1) is 19.1 Å². The second kappa shape index (κ2) is 7.37. The molecule has 2 fully saturated rings. The zero-order valence-corrected chi connectivity index (χ0v) is 15.6. The third-order valence-corrected chi connectivity index (χ3v) is 5.82. The number of ether oxygens (including phenoxy) is 2. The highest BCUT2D eigenvalue weighted by molar-refractivity contribution is 6.02. The molecule has 2 aliphatic rings. The van der Waals surface area contributed by atoms with Gasteiger partial charge in [-0.15, -0.1) is 0 Å². The average Bonchev–Trinajstić information content (AvgIpc) is 3.50. The van der Waals surface area contributed by atoms with Crippen molar-refractivity contribution < 1.29 is 14.3 Å². The van der Waals surface area contributed by atoms with Gasteiger partial charge in [-0.2, -0.15) is 0 Å². The van der Waals surface area contributed by atoms with Crippen molar-refractivity contribution in [2.24, 2.45) is 11.8 Å². The highest BCUT2D eigenvalue weighted by atomic mass is 16.5. The van der Waals surface area contributed by atoms with Crippen LogP contribution < -0.4 is 4.74 Å². The van der Waals surface area contributed by atoms with Crippen LogP contribution in [0.1, 0.15) is 29.6 Å². The standard InChI is InChI=1S/C22H27NO3/c1-25-19-8-7-16-11-18(6-5-17(16)12-19)22(24)20-14-23(13-15-3-4-15)10-9-21(20)26-2/h5-8,11-12,15,20-21H,3-4,9-10,13-14H2,1-2H3. The lowest BCUT2D eigenvalue weighted by atomic mass is 9.86. The molecule has 1 saturated carbocycles. The first kappa shape index (κ1) is 17.5. The molecule has 2 atom stereocenters. The van der Waals surface area contributed by atoms with E-state index in [1.165, 1.54) is 12.8 Å². The number of methoxy groups -OCH3 is 2. The van der Waals surface area contributed by atoms with Gasteiger partial charge in [-0.25, -0.2) is 0 Å². The number of ketones is 1. The summed E-state index contributed by atoms with van der Waals surface area (Å²) in [5.74, 6) is 1.80. The van der Waals surface area contributed by atoms with Gasteiger partial charge in [0.1, 0.15) is 5.75 Å². The Morgan fingerprint density at radius 2 is 1.85 bits per heavy atom. The molecule has 1 heterocycles. The number of rotatable bonds is 6. The molecule has 4 nitrogen and oxygen atoms in total. The van der Waals surface area contributed by atoms with Crippen LogP contribution >= 0.6 is 0 Å². The Labute approximate surface area is 155 Å². The fraction of sp³-hybridized carbons (Fsp3) is 0.500. The van der Waals surface area contributed by atoms with Crippen molar-refractivity contribution in [1.29, 1.82) is 0 Å². The quantitative estimate of drug-likeness (QED) is 0.741. The summed E-state index contributed by atoms with van der Waals surface area (Å²) in [5.41, 5.74) is 0.781. The van der Waals surface area contributed by atoms with Crippen molar-refractivity contribution in [3.8, 4) is 5.75 Å². The minimum absolute atomic E-state index is 0.0181. The van der Waals surface area contributed by atoms with Gasteiger partial charge in [-0.1, -0.05) is 18.2 Å². The first-order valence-corrected chi connectivity index (χ1v) is 9.55. The minimum atomic E-state index is -0.0804. The van der Waals surface area contributed by atoms with E-state index in [9.17, 15) is 4.79 Å². The first-order chi connectivity index (χ1) is 12.7. The lowest BCUT2D eigenvalue weighted by molar-refractivity contribution is -0.00137. The number of likely N-dealkylation sites (tertiary alicyclic amines) is 1. The third-order valence-electron chi connectivity index (χ3n) is 5.82. The van der Waals surface area contributed by atoms with Crippen molar-refractivity contribution in [3.05, 3.63) is 42.0 Å². The normalized spacial score (nSPS) is 23.9. The van der Waals surface area contributed by atoms with Gasteiger partial charge < -0.3 is 14.4 Å². The van der Waals surface area contributed by atoms with Crippen LogP contribution in [0.3, 0.4) is 0 Å². The largest absolute Gasteiger partial charge is 0.497 e. The Bertz CT molecular complexity index is 799. The van der Waals surface area contributed by atoms with E-state index in [1.54, 1.807) is 14.2 Å². The Morgan fingerprint density at radius 3 is 2.58 bits per heavy atom. The number of Topliss-reactive ketones (excluding diaryl/α,β-unsaturated/α-hetero) is 1.